The molecule has 1 N–H and O–H groups in total. The van der Waals surface area contributed by atoms with Gasteiger partial charge in [0.15, 0.2) is 0 Å². The molecule has 1 aliphatic rings. The predicted octanol–water partition coefficient (Wildman–Crippen LogP) is 2.41. The van der Waals surface area contributed by atoms with Gasteiger partial charge in [0.25, 0.3) is 0 Å². The molecule has 1 saturated carbocycles. The van der Waals surface area contributed by atoms with E-state index in [0.29, 0.717) is 5.92 Å². The normalized spacial score (nSPS) is 24.0. The van der Waals surface area contributed by atoms with Gasteiger partial charge in [-0.05, 0) is 45.4 Å². The van der Waals surface area contributed by atoms with Gasteiger partial charge in [0, 0.05) is 23.0 Å². The number of ether oxygens (including phenoxy) is 1. The Morgan fingerprint density at radius 1 is 1.41 bits per heavy atom. The van der Waals surface area contributed by atoms with Gasteiger partial charge in [-0.25, -0.2) is 0 Å². The maximum Gasteiger partial charge on any atom is 0.128 e. The van der Waals surface area contributed by atoms with Crippen molar-refractivity contribution in [3.05, 3.63) is 23.0 Å². The molecule has 1 fully saturated rings. The number of methoxy groups -OCH3 is 1. The number of hydrogen-bond acceptors (Lipinski definition) is 3. The monoisotopic (exact) mass is 235 g/mol. The number of rotatable bonds is 3. The summed E-state index contributed by atoms with van der Waals surface area (Å²) in [5.41, 5.74) is 3.35. The van der Waals surface area contributed by atoms with Gasteiger partial charge in [0.2, 0.25) is 0 Å². The summed E-state index contributed by atoms with van der Waals surface area (Å²) in [4.78, 5) is 4.51. The van der Waals surface area contributed by atoms with E-state index in [1.54, 1.807) is 7.11 Å². The van der Waals surface area contributed by atoms with Crippen LogP contribution in [0.25, 0.3) is 0 Å². The minimum atomic E-state index is -0.104. The number of aliphatic hydroxyl groups is 1. The molecule has 2 unspecified atom stereocenters. The van der Waals surface area contributed by atoms with Crippen molar-refractivity contribution in [3.8, 4) is 5.75 Å². The molecule has 0 radical (unpaired) electrons. The van der Waals surface area contributed by atoms with Crippen molar-refractivity contribution >= 4 is 0 Å². The number of aryl methyl sites for hydroxylation is 1. The highest BCUT2D eigenvalue weighted by atomic mass is 16.5. The Morgan fingerprint density at radius 3 is 2.76 bits per heavy atom. The van der Waals surface area contributed by atoms with Crippen LogP contribution >= 0.6 is 0 Å². The van der Waals surface area contributed by atoms with E-state index >= 15 is 0 Å². The lowest BCUT2D eigenvalue weighted by molar-refractivity contribution is 0.177. The van der Waals surface area contributed by atoms with Gasteiger partial charge in [-0.1, -0.05) is 0 Å². The third-order valence-electron chi connectivity index (χ3n) is 3.75. The third-order valence-corrected chi connectivity index (χ3v) is 3.75. The summed E-state index contributed by atoms with van der Waals surface area (Å²) in [5.74, 6) is 1.53. The second-order valence-corrected chi connectivity index (χ2v) is 5.08. The summed E-state index contributed by atoms with van der Waals surface area (Å²) in [7, 11) is 1.71. The second-order valence-electron chi connectivity index (χ2n) is 5.08. The zero-order valence-electron chi connectivity index (χ0n) is 10.9. The molecule has 1 aromatic rings. The van der Waals surface area contributed by atoms with E-state index in [0.717, 1.165) is 48.3 Å². The van der Waals surface area contributed by atoms with Crippen LogP contribution < -0.4 is 4.74 Å². The van der Waals surface area contributed by atoms with E-state index in [4.69, 9.17) is 4.74 Å². The number of aromatic nitrogens is 1. The lowest BCUT2D eigenvalue weighted by atomic mass is 9.98. The molecule has 0 bridgehead atoms. The van der Waals surface area contributed by atoms with Gasteiger partial charge < -0.3 is 9.84 Å². The van der Waals surface area contributed by atoms with Crippen LogP contribution in [0.4, 0.5) is 0 Å². The summed E-state index contributed by atoms with van der Waals surface area (Å²) >= 11 is 0. The molecular formula is C14H21NO2. The SMILES string of the molecule is COc1c(C)cnc(CC2CCC(O)C2)c1C. The van der Waals surface area contributed by atoms with Gasteiger partial charge in [0.05, 0.1) is 13.2 Å². The summed E-state index contributed by atoms with van der Waals surface area (Å²) < 4.78 is 5.41. The van der Waals surface area contributed by atoms with Gasteiger partial charge in [-0.2, -0.15) is 0 Å². The highest BCUT2D eigenvalue weighted by Crippen LogP contribution is 2.31. The van der Waals surface area contributed by atoms with E-state index in [2.05, 4.69) is 11.9 Å². The predicted molar refractivity (Wildman–Crippen MR) is 67.3 cm³/mol. The van der Waals surface area contributed by atoms with Gasteiger partial charge in [-0.3, -0.25) is 4.98 Å². The van der Waals surface area contributed by atoms with Crippen molar-refractivity contribution in [2.75, 3.05) is 7.11 Å². The quantitative estimate of drug-likeness (QED) is 0.874. The Morgan fingerprint density at radius 2 is 2.18 bits per heavy atom. The molecule has 1 aliphatic carbocycles. The minimum absolute atomic E-state index is 0.104. The van der Waals surface area contributed by atoms with Crippen molar-refractivity contribution in [2.45, 2.75) is 45.6 Å². The van der Waals surface area contributed by atoms with Crippen LogP contribution in [-0.4, -0.2) is 23.3 Å². The first-order chi connectivity index (χ1) is 8.11. The highest BCUT2D eigenvalue weighted by Gasteiger charge is 2.24. The lowest BCUT2D eigenvalue weighted by Crippen LogP contribution is -2.07. The van der Waals surface area contributed by atoms with E-state index in [-0.39, 0.29) is 6.10 Å². The topological polar surface area (TPSA) is 42.4 Å². The first-order valence-electron chi connectivity index (χ1n) is 6.29. The molecule has 1 heterocycles. The van der Waals surface area contributed by atoms with Crippen LogP contribution in [0, 0.1) is 19.8 Å². The number of nitrogens with zero attached hydrogens (tertiary/aromatic N) is 1. The van der Waals surface area contributed by atoms with Crippen LogP contribution in [0.15, 0.2) is 6.20 Å². The van der Waals surface area contributed by atoms with Gasteiger partial charge in [-0.15, -0.1) is 0 Å². The zero-order valence-corrected chi connectivity index (χ0v) is 10.9. The molecular weight excluding hydrogens is 214 g/mol. The van der Waals surface area contributed by atoms with Crippen molar-refractivity contribution in [1.82, 2.24) is 4.98 Å². The molecule has 2 rings (SSSR count). The lowest BCUT2D eigenvalue weighted by Gasteiger charge is -2.14. The van der Waals surface area contributed by atoms with Crippen LogP contribution in [0.2, 0.25) is 0 Å². The molecule has 0 aliphatic heterocycles. The largest absolute Gasteiger partial charge is 0.496 e. The summed E-state index contributed by atoms with van der Waals surface area (Å²) in [6, 6.07) is 0. The number of pyridine rings is 1. The maximum absolute atomic E-state index is 9.55. The van der Waals surface area contributed by atoms with Crippen molar-refractivity contribution in [2.24, 2.45) is 5.92 Å². The Kier molecular flexibility index (Phi) is 3.67. The first-order valence-corrected chi connectivity index (χ1v) is 6.29. The molecule has 3 nitrogen and oxygen atoms in total. The molecule has 3 heteroatoms. The highest BCUT2D eigenvalue weighted by molar-refractivity contribution is 5.41. The minimum Gasteiger partial charge on any atom is -0.496 e. The van der Waals surface area contributed by atoms with Crippen LogP contribution in [0.3, 0.4) is 0 Å². The van der Waals surface area contributed by atoms with Gasteiger partial charge in [0.1, 0.15) is 5.75 Å². The Bertz CT molecular complexity index is 403. The Hall–Kier alpha value is -1.09. The van der Waals surface area contributed by atoms with E-state index in [1.807, 2.05) is 13.1 Å². The van der Waals surface area contributed by atoms with E-state index in [9.17, 15) is 5.11 Å². The van der Waals surface area contributed by atoms with Crippen LogP contribution in [-0.2, 0) is 6.42 Å². The van der Waals surface area contributed by atoms with Crippen molar-refractivity contribution in [1.29, 1.82) is 0 Å². The standard InChI is InChI=1S/C14H21NO2/c1-9-8-15-13(10(2)14(9)17-3)7-11-4-5-12(16)6-11/h8,11-12,16H,4-7H2,1-3H3. The Labute approximate surface area is 103 Å². The number of hydrogen-bond donors (Lipinski definition) is 1. The summed E-state index contributed by atoms with van der Waals surface area (Å²) in [6.45, 7) is 4.08. The fourth-order valence-corrected chi connectivity index (χ4v) is 2.78. The van der Waals surface area contributed by atoms with Crippen LogP contribution in [0.5, 0.6) is 5.75 Å². The Balaban J connectivity index is 2.16. The molecule has 0 aromatic carbocycles. The summed E-state index contributed by atoms with van der Waals surface area (Å²) in [6.07, 6.45) is 5.70. The van der Waals surface area contributed by atoms with Crippen molar-refractivity contribution < 1.29 is 9.84 Å². The molecule has 2 atom stereocenters. The molecule has 1 aromatic heterocycles. The molecule has 0 amide bonds. The van der Waals surface area contributed by atoms with E-state index < -0.39 is 0 Å². The smallest absolute Gasteiger partial charge is 0.128 e. The fourth-order valence-electron chi connectivity index (χ4n) is 2.78. The molecule has 0 saturated heterocycles. The van der Waals surface area contributed by atoms with Crippen LogP contribution in [0.1, 0.15) is 36.1 Å². The average molecular weight is 235 g/mol. The molecule has 94 valence electrons. The fraction of sp³-hybridized carbons (Fsp3) is 0.643. The van der Waals surface area contributed by atoms with Gasteiger partial charge >= 0.3 is 0 Å². The summed E-state index contributed by atoms with van der Waals surface area (Å²) in [5, 5.41) is 9.55. The second kappa shape index (κ2) is 5.05. The van der Waals surface area contributed by atoms with E-state index in [1.165, 1.54) is 0 Å². The maximum atomic E-state index is 9.55. The molecule has 0 spiro atoms. The third kappa shape index (κ3) is 2.60. The zero-order chi connectivity index (χ0) is 12.4. The van der Waals surface area contributed by atoms with Crippen molar-refractivity contribution in [3.63, 3.8) is 0 Å². The average Bonchev–Trinajstić information content (AvgIpc) is 2.69. The first kappa shape index (κ1) is 12.4. The molecule has 17 heavy (non-hydrogen) atoms. The number of aliphatic hydroxyl groups excluding tert-OH is 1.